The van der Waals surface area contributed by atoms with Crippen molar-refractivity contribution in [1.29, 1.82) is 0 Å². The highest BCUT2D eigenvalue weighted by Gasteiger charge is 2.65. The lowest BCUT2D eigenvalue weighted by Gasteiger charge is -2.17. The molecule has 0 aliphatic heterocycles. The van der Waals surface area contributed by atoms with E-state index in [0.717, 1.165) is 0 Å². The molecule has 2 rings (SSSR count). The molecule has 1 N–H and O–H groups in total. The smallest absolute Gasteiger partial charge is 0.307 e. The molecular formula is C12H18N2O4. The molecule has 6 heteroatoms. The molecule has 0 aromatic carbocycles. The minimum absolute atomic E-state index is 0.219. The number of carboxylic acids is 1. The molecule has 1 aromatic heterocycles. The van der Waals surface area contributed by atoms with Gasteiger partial charge in [-0.05, 0) is 19.3 Å². The molecule has 2 atom stereocenters. The first kappa shape index (κ1) is 13.0. The zero-order chi connectivity index (χ0) is 13.7. The fourth-order valence-electron chi connectivity index (χ4n) is 2.26. The average Bonchev–Trinajstić information content (AvgIpc) is 2.64. The second-order valence-corrected chi connectivity index (χ2v) is 5.79. The molecule has 100 valence electrons. The Bertz CT molecular complexity index is 478. The van der Waals surface area contributed by atoms with Crippen molar-refractivity contribution in [3.63, 3.8) is 0 Å². The number of methoxy groups -OCH3 is 1. The Hall–Kier alpha value is -1.43. The van der Waals surface area contributed by atoms with Crippen molar-refractivity contribution in [3.8, 4) is 0 Å². The van der Waals surface area contributed by atoms with E-state index >= 15 is 0 Å². The van der Waals surface area contributed by atoms with Crippen LogP contribution in [0.1, 0.15) is 45.3 Å². The van der Waals surface area contributed by atoms with Crippen LogP contribution < -0.4 is 0 Å². The largest absolute Gasteiger partial charge is 0.481 e. The third kappa shape index (κ3) is 1.80. The Morgan fingerprint density at radius 2 is 2.11 bits per heavy atom. The van der Waals surface area contributed by atoms with E-state index in [0.29, 0.717) is 11.7 Å². The highest BCUT2D eigenvalue weighted by Crippen LogP contribution is 2.64. The summed E-state index contributed by atoms with van der Waals surface area (Å²) >= 11 is 0. The van der Waals surface area contributed by atoms with Crippen LogP contribution in [-0.2, 0) is 15.1 Å². The third-order valence-electron chi connectivity index (χ3n) is 3.85. The zero-order valence-electron chi connectivity index (χ0n) is 11.2. The summed E-state index contributed by atoms with van der Waals surface area (Å²) in [6.45, 7) is 7.44. The Morgan fingerprint density at radius 1 is 1.50 bits per heavy atom. The predicted molar refractivity (Wildman–Crippen MR) is 62.0 cm³/mol. The fourth-order valence-corrected chi connectivity index (χ4v) is 2.26. The number of carbonyl (C=O) groups is 1. The van der Waals surface area contributed by atoms with Gasteiger partial charge in [0.2, 0.25) is 11.7 Å². The number of hydrogen-bond acceptors (Lipinski definition) is 5. The molecule has 6 nitrogen and oxygen atoms in total. The van der Waals surface area contributed by atoms with Crippen molar-refractivity contribution in [1.82, 2.24) is 10.1 Å². The summed E-state index contributed by atoms with van der Waals surface area (Å²) in [7, 11) is 1.57. The summed E-state index contributed by atoms with van der Waals surface area (Å²) in [5, 5.41) is 13.0. The van der Waals surface area contributed by atoms with Gasteiger partial charge in [0.15, 0.2) is 0 Å². The van der Waals surface area contributed by atoms with E-state index in [-0.39, 0.29) is 11.3 Å². The molecule has 1 fully saturated rings. The maximum Gasteiger partial charge on any atom is 0.307 e. The molecule has 18 heavy (non-hydrogen) atoms. The molecule has 0 spiro atoms. The van der Waals surface area contributed by atoms with E-state index in [4.69, 9.17) is 14.4 Å². The van der Waals surface area contributed by atoms with Crippen LogP contribution in [-0.4, -0.2) is 28.3 Å². The van der Waals surface area contributed by atoms with Gasteiger partial charge in [0.05, 0.1) is 11.8 Å². The van der Waals surface area contributed by atoms with Crippen LogP contribution in [0, 0.1) is 11.3 Å². The van der Waals surface area contributed by atoms with Crippen LogP contribution >= 0.6 is 0 Å². The molecule has 1 heterocycles. The number of rotatable bonds is 4. The number of nitrogens with zero attached hydrogens (tertiary/aromatic N) is 2. The zero-order valence-corrected chi connectivity index (χ0v) is 11.2. The van der Waals surface area contributed by atoms with E-state index in [9.17, 15) is 4.79 Å². The van der Waals surface area contributed by atoms with Gasteiger partial charge in [0.1, 0.15) is 5.60 Å². The monoisotopic (exact) mass is 254 g/mol. The molecular weight excluding hydrogens is 236 g/mol. The van der Waals surface area contributed by atoms with E-state index in [1.54, 1.807) is 7.11 Å². The predicted octanol–water partition coefficient (Wildman–Crippen LogP) is 1.78. The Labute approximate surface area is 105 Å². The number of hydrogen-bond donors (Lipinski definition) is 1. The molecule has 0 amide bonds. The van der Waals surface area contributed by atoms with Gasteiger partial charge in [-0.3, -0.25) is 4.79 Å². The van der Waals surface area contributed by atoms with Crippen molar-refractivity contribution >= 4 is 5.97 Å². The second-order valence-electron chi connectivity index (χ2n) is 5.79. The first-order valence-electron chi connectivity index (χ1n) is 5.84. The summed E-state index contributed by atoms with van der Waals surface area (Å²) < 4.78 is 10.5. The van der Waals surface area contributed by atoms with Gasteiger partial charge in [-0.25, -0.2) is 0 Å². The molecule has 1 aliphatic carbocycles. The van der Waals surface area contributed by atoms with Crippen LogP contribution in [0.25, 0.3) is 0 Å². The summed E-state index contributed by atoms with van der Waals surface area (Å²) in [6.07, 6.45) is 0. The van der Waals surface area contributed by atoms with Crippen LogP contribution in [0.15, 0.2) is 4.52 Å². The summed E-state index contributed by atoms with van der Waals surface area (Å²) in [5.41, 5.74) is -0.980. The first-order valence-corrected chi connectivity index (χ1v) is 5.84. The molecule has 0 radical (unpaired) electrons. The maximum atomic E-state index is 11.1. The highest BCUT2D eigenvalue weighted by atomic mass is 16.5. The molecule has 1 aromatic rings. The quantitative estimate of drug-likeness (QED) is 0.881. The standard InChI is InChI=1S/C12H18N2O4/c1-11(2)6(7(11)9(15)16)8-13-10(14-18-8)12(3,4)17-5/h6-7H,1-5H3,(H,15,16). The van der Waals surface area contributed by atoms with Crippen LogP contribution in [0.4, 0.5) is 0 Å². The molecule has 0 bridgehead atoms. The first-order chi connectivity index (χ1) is 8.21. The van der Waals surface area contributed by atoms with Gasteiger partial charge in [-0.15, -0.1) is 0 Å². The van der Waals surface area contributed by atoms with Crippen molar-refractivity contribution in [2.45, 2.75) is 39.2 Å². The molecule has 1 saturated carbocycles. The molecule has 2 unspecified atom stereocenters. The van der Waals surface area contributed by atoms with Crippen molar-refractivity contribution < 1.29 is 19.2 Å². The van der Waals surface area contributed by atoms with Crippen molar-refractivity contribution in [3.05, 3.63) is 11.7 Å². The van der Waals surface area contributed by atoms with Gasteiger partial charge in [-0.1, -0.05) is 19.0 Å². The molecule has 1 aliphatic rings. The van der Waals surface area contributed by atoms with Gasteiger partial charge >= 0.3 is 5.97 Å². The van der Waals surface area contributed by atoms with Crippen LogP contribution in [0.5, 0.6) is 0 Å². The SMILES string of the molecule is COC(C)(C)c1noc(C2C(C(=O)O)C2(C)C)n1. The minimum atomic E-state index is -0.823. The minimum Gasteiger partial charge on any atom is -0.481 e. The number of aliphatic carboxylic acids is 1. The Kier molecular flexibility index (Phi) is 2.73. The summed E-state index contributed by atoms with van der Waals surface area (Å²) in [4.78, 5) is 15.4. The van der Waals surface area contributed by atoms with E-state index in [1.807, 2.05) is 27.7 Å². The van der Waals surface area contributed by atoms with E-state index < -0.39 is 17.5 Å². The van der Waals surface area contributed by atoms with Gasteiger partial charge in [0.25, 0.3) is 0 Å². The number of carboxylic acid groups (broad SMARTS) is 1. The lowest BCUT2D eigenvalue weighted by atomic mass is 10.1. The Balaban J connectivity index is 2.25. The number of aromatic nitrogens is 2. The average molecular weight is 254 g/mol. The second kappa shape index (κ2) is 3.78. The fraction of sp³-hybridized carbons (Fsp3) is 0.750. The maximum absolute atomic E-state index is 11.1. The lowest BCUT2D eigenvalue weighted by Crippen LogP contribution is -2.21. The van der Waals surface area contributed by atoms with Crippen molar-refractivity contribution in [2.24, 2.45) is 11.3 Å². The van der Waals surface area contributed by atoms with Crippen molar-refractivity contribution in [2.75, 3.05) is 7.11 Å². The van der Waals surface area contributed by atoms with Crippen LogP contribution in [0.3, 0.4) is 0 Å². The van der Waals surface area contributed by atoms with Crippen LogP contribution in [0.2, 0.25) is 0 Å². The summed E-state index contributed by atoms with van der Waals surface area (Å²) in [6, 6.07) is 0. The van der Waals surface area contributed by atoms with Gasteiger partial charge in [0, 0.05) is 7.11 Å². The normalized spacial score (nSPS) is 26.1. The number of ether oxygens (including phenoxy) is 1. The van der Waals surface area contributed by atoms with Gasteiger partial charge < -0.3 is 14.4 Å². The van der Waals surface area contributed by atoms with E-state index in [2.05, 4.69) is 10.1 Å². The lowest BCUT2D eigenvalue weighted by molar-refractivity contribution is -0.139. The Morgan fingerprint density at radius 3 is 2.56 bits per heavy atom. The third-order valence-corrected chi connectivity index (χ3v) is 3.85. The van der Waals surface area contributed by atoms with Gasteiger partial charge in [-0.2, -0.15) is 4.98 Å². The molecule has 0 saturated heterocycles. The summed E-state index contributed by atoms with van der Waals surface area (Å²) in [5.74, 6) is -0.685. The topological polar surface area (TPSA) is 85.5 Å². The highest BCUT2D eigenvalue weighted by molar-refractivity contribution is 5.77. The van der Waals surface area contributed by atoms with E-state index in [1.165, 1.54) is 0 Å².